The van der Waals surface area contributed by atoms with Crippen LogP contribution in [-0.4, -0.2) is 49.4 Å². The molecule has 0 aromatic heterocycles. The first-order chi connectivity index (χ1) is 12.8. The van der Waals surface area contributed by atoms with Crippen molar-refractivity contribution < 1.29 is 14.4 Å². The average Bonchev–Trinajstić information content (AvgIpc) is 2.65. The van der Waals surface area contributed by atoms with Crippen LogP contribution in [0.4, 0.5) is 10.5 Å². The topological polar surface area (TPSA) is 90.5 Å². The Morgan fingerprint density at radius 2 is 1.89 bits per heavy atom. The Morgan fingerprint density at radius 1 is 1.22 bits per heavy atom. The molecule has 1 fully saturated rings. The minimum atomic E-state index is -0.238. The van der Waals surface area contributed by atoms with Crippen molar-refractivity contribution in [3.05, 3.63) is 28.8 Å². The number of rotatable bonds is 5. The molecule has 0 unspecified atom stereocenters. The zero-order valence-electron chi connectivity index (χ0n) is 16.0. The summed E-state index contributed by atoms with van der Waals surface area (Å²) in [7, 11) is 1.62. The molecule has 0 saturated carbocycles. The molecule has 1 aliphatic heterocycles. The van der Waals surface area contributed by atoms with Crippen LogP contribution < -0.4 is 16.0 Å². The molecule has 7 nitrogen and oxygen atoms in total. The first-order valence-electron chi connectivity index (χ1n) is 9.17. The van der Waals surface area contributed by atoms with Gasteiger partial charge >= 0.3 is 6.03 Å². The van der Waals surface area contributed by atoms with Crippen LogP contribution in [0.25, 0.3) is 0 Å². The van der Waals surface area contributed by atoms with Gasteiger partial charge in [-0.1, -0.05) is 25.4 Å². The van der Waals surface area contributed by atoms with Crippen molar-refractivity contribution in [3.8, 4) is 0 Å². The standard InChI is InChI=1S/C19H27ClN4O3/c1-12(2)11-22-18(26)15-5-4-14(10-16(15)20)23-19(27)24-8-6-13(7-9-24)17(25)21-3/h4-5,10,12-13H,6-9,11H2,1-3H3,(H,21,25)(H,22,26)(H,23,27). The number of nitrogens with zero attached hydrogens (tertiary/aromatic N) is 1. The summed E-state index contributed by atoms with van der Waals surface area (Å²) in [5, 5.41) is 8.55. The quantitative estimate of drug-likeness (QED) is 0.717. The third-order valence-corrected chi connectivity index (χ3v) is 4.85. The maximum atomic E-state index is 12.4. The predicted octanol–water partition coefficient (Wildman–Crippen LogP) is 2.72. The van der Waals surface area contributed by atoms with Gasteiger partial charge in [0.1, 0.15) is 0 Å². The molecule has 2 rings (SSSR count). The Balaban J connectivity index is 1.92. The molecule has 0 spiro atoms. The van der Waals surface area contributed by atoms with E-state index in [1.807, 2.05) is 13.8 Å². The van der Waals surface area contributed by atoms with Crippen LogP contribution >= 0.6 is 11.6 Å². The summed E-state index contributed by atoms with van der Waals surface area (Å²) in [5.74, 6) is 0.0898. The van der Waals surface area contributed by atoms with Gasteiger partial charge in [0.15, 0.2) is 0 Å². The maximum absolute atomic E-state index is 12.4. The van der Waals surface area contributed by atoms with Crippen molar-refractivity contribution in [2.45, 2.75) is 26.7 Å². The normalized spacial score (nSPS) is 14.8. The van der Waals surface area contributed by atoms with Crippen molar-refractivity contribution in [2.24, 2.45) is 11.8 Å². The zero-order valence-corrected chi connectivity index (χ0v) is 16.7. The van der Waals surface area contributed by atoms with E-state index in [1.54, 1.807) is 30.1 Å². The molecule has 1 aromatic rings. The first kappa shape index (κ1) is 21.0. The highest BCUT2D eigenvalue weighted by atomic mass is 35.5. The molecule has 1 aliphatic rings. The molecule has 1 heterocycles. The van der Waals surface area contributed by atoms with Gasteiger partial charge in [-0.25, -0.2) is 4.79 Å². The second-order valence-corrected chi connectivity index (χ2v) is 7.51. The summed E-state index contributed by atoms with van der Waals surface area (Å²) in [6, 6.07) is 4.59. The third kappa shape index (κ3) is 5.85. The molecule has 8 heteroatoms. The third-order valence-electron chi connectivity index (χ3n) is 4.54. The molecule has 27 heavy (non-hydrogen) atoms. The molecule has 0 bridgehead atoms. The fraction of sp³-hybridized carbons (Fsp3) is 0.526. The van der Waals surface area contributed by atoms with E-state index in [4.69, 9.17) is 11.6 Å². The summed E-state index contributed by atoms with van der Waals surface area (Å²) in [4.78, 5) is 37.9. The molecule has 3 N–H and O–H groups in total. The number of carbonyl (C=O) groups excluding carboxylic acids is 3. The summed E-state index contributed by atoms with van der Waals surface area (Å²) in [6.45, 7) is 5.64. The van der Waals surface area contributed by atoms with Crippen LogP contribution in [0.2, 0.25) is 5.02 Å². The molecule has 4 amide bonds. The molecule has 1 aromatic carbocycles. The molecule has 1 saturated heterocycles. The van der Waals surface area contributed by atoms with E-state index in [9.17, 15) is 14.4 Å². The number of urea groups is 1. The minimum absolute atomic E-state index is 0.0215. The molecule has 0 radical (unpaired) electrons. The Kier molecular flexibility index (Phi) is 7.47. The van der Waals surface area contributed by atoms with Gasteiger partial charge in [-0.15, -0.1) is 0 Å². The highest BCUT2D eigenvalue weighted by Crippen LogP contribution is 2.23. The Morgan fingerprint density at radius 3 is 2.44 bits per heavy atom. The van der Waals surface area contributed by atoms with Crippen LogP contribution in [0.1, 0.15) is 37.0 Å². The number of piperidine rings is 1. The van der Waals surface area contributed by atoms with Gasteiger partial charge in [-0.2, -0.15) is 0 Å². The smallest absolute Gasteiger partial charge is 0.321 e. The van der Waals surface area contributed by atoms with Crippen molar-refractivity contribution in [1.29, 1.82) is 0 Å². The Labute approximate surface area is 164 Å². The van der Waals surface area contributed by atoms with Gasteiger partial charge in [-0.3, -0.25) is 9.59 Å². The van der Waals surface area contributed by atoms with Crippen LogP contribution in [0.5, 0.6) is 0 Å². The van der Waals surface area contributed by atoms with Gasteiger partial charge in [-0.05, 0) is 37.0 Å². The number of anilines is 1. The van der Waals surface area contributed by atoms with Gasteiger partial charge in [0.05, 0.1) is 10.6 Å². The van der Waals surface area contributed by atoms with Crippen LogP contribution in [0.3, 0.4) is 0 Å². The van der Waals surface area contributed by atoms with Gasteiger partial charge < -0.3 is 20.9 Å². The minimum Gasteiger partial charge on any atom is -0.359 e. The number of halogens is 1. The second-order valence-electron chi connectivity index (χ2n) is 7.10. The first-order valence-corrected chi connectivity index (χ1v) is 9.55. The Bertz CT molecular complexity index is 700. The summed E-state index contributed by atoms with van der Waals surface area (Å²) in [6.07, 6.45) is 1.28. The second kappa shape index (κ2) is 9.60. The number of hydrogen-bond acceptors (Lipinski definition) is 3. The summed E-state index contributed by atoms with van der Waals surface area (Å²) < 4.78 is 0. The van der Waals surface area contributed by atoms with E-state index in [2.05, 4.69) is 16.0 Å². The van der Waals surface area contributed by atoms with E-state index in [1.165, 1.54) is 0 Å². The number of hydrogen-bond donors (Lipinski definition) is 3. The van der Waals surface area contributed by atoms with Gasteiger partial charge in [0.2, 0.25) is 5.91 Å². The number of likely N-dealkylation sites (tertiary alicyclic amines) is 1. The van der Waals surface area contributed by atoms with Crippen LogP contribution in [-0.2, 0) is 4.79 Å². The average molecular weight is 395 g/mol. The number of benzene rings is 1. The number of nitrogens with one attached hydrogen (secondary N) is 3. The molecule has 0 atom stereocenters. The molecule has 0 aliphatic carbocycles. The van der Waals surface area contributed by atoms with E-state index < -0.39 is 0 Å². The lowest BCUT2D eigenvalue weighted by molar-refractivity contribution is -0.125. The fourth-order valence-corrected chi connectivity index (χ4v) is 3.19. The van der Waals surface area contributed by atoms with Crippen molar-refractivity contribution in [1.82, 2.24) is 15.5 Å². The van der Waals surface area contributed by atoms with Gasteiger partial charge in [0, 0.05) is 38.3 Å². The van der Waals surface area contributed by atoms with Crippen molar-refractivity contribution >= 4 is 35.1 Å². The lowest BCUT2D eigenvalue weighted by Crippen LogP contribution is -2.44. The van der Waals surface area contributed by atoms with Crippen molar-refractivity contribution in [3.63, 3.8) is 0 Å². The zero-order chi connectivity index (χ0) is 20.0. The monoisotopic (exact) mass is 394 g/mol. The van der Waals surface area contributed by atoms with Crippen molar-refractivity contribution in [2.75, 3.05) is 32.0 Å². The number of amides is 4. The summed E-state index contributed by atoms with van der Waals surface area (Å²) in [5.41, 5.74) is 0.903. The van der Waals surface area contributed by atoms with Gasteiger partial charge in [0.25, 0.3) is 5.91 Å². The summed E-state index contributed by atoms with van der Waals surface area (Å²) >= 11 is 6.21. The largest absolute Gasteiger partial charge is 0.359 e. The molecule has 148 valence electrons. The van der Waals surface area contributed by atoms with E-state index >= 15 is 0 Å². The fourth-order valence-electron chi connectivity index (χ4n) is 2.92. The molecular formula is C19H27ClN4O3. The highest BCUT2D eigenvalue weighted by Gasteiger charge is 2.26. The van der Waals surface area contributed by atoms with Crippen LogP contribution in [0.15, 0.2) is 18.2 Å². The molecular weight excluding hydrogens is 368 g/mol. The number of carbonyl (C=O) groups is 3. The van der Waals surface area contributed by atoms with E-state index in [0.29, 0.717) is 49.6 Å². The SMILES string of the molecule is CNC(=O)C1CCN(C(=O)Nc2ccc(C(=O)NCC(C)C)c(Cl)c2)CC1. The van der Waals surface area contributed by atoms with E-state index in [-0.39, 0.29) is 28.8 Å². The maximum Gasteiger partial charge on any atom is 0.321 e. The van der Waals surface area contributed by atoms with Crippen LogP contribution in [0, 0.1) is 11.8 Å². The lowest BCUT2D eigenvalue weighted by Gasteiger charge is -2.31. The van der Waals surface area contributed by atoms with E-state index in [0.717, 1.165) is 0 Å². The predicted molar refractivity (Wildman–Crippen MR) is 106 cm³/mol. The highest BCUT2D eigenvalue weighted by molar-refractivity contribution is 6.34. The Hall–Kier alpha value is -2.28. The lowest BCUT2D eigenvalue weighted by atomic mass is 9.96.